The van der Waals surface area contributed by atoms with Gasteiger partial charge in [0.25, 0.3) is 5.69 Å². The summed E-state index contributed by atoms with van der Waals surface area (Å²) >= 11 is 5.96. The predicted molar refractivity (Wildman–Crippen MR) is 65.6 cm³/mol. The van der Waals surface area contributed by atoms with Crippen LogP contribution < -0.4 is 5.43 Å². The van der Waals surface area contributed by atoms with Crippen LogP contribution >= 0.6 is 11.6 Å². The number of hydrogen-bond donors (Lipinski definition) is 1. The highest BCUT2D eigenvalue weighted by molar-refractivity contribution is 6.31. The molecule has 5 nitrogen and oxygen atoms in total. The van der Waals surface area contributed by atoms with Gasteiger partial charge in [-0.25, -0.2) is 0 Å². The molecule has 0 unspecified atom stereocenters. The molecule has 0 aliphatic heterocycles. The summed E-state index contributed by atoms with van der Waals surface area (Å²) < 4.78 is 1.72. The van der Waals surface area contributed by atoms with Crippen LogP contribution in [0.4, 0.5) is 5.69 Å². The summed E-state index contributed by atoms with van der Waals surface area (Å²) in [6.45, 7) is 0.296. The molecule has 0 atom stereocenters. The minimum Gasteiger partial charge on any atom is -0.322 e. The Morgan fingerprint density at radius 1 is 1.29 bits per heavy atom. The maximum atomic E-state index is 10.8. The Hall–Kier alpha value is -2.01. The second kappa shape index (κ2) is 4.88. The van der Waals surface area contributed by atoms with Gasteiger partial charge in [0, 0.05) is 18.5 Å². The maximum Gasteiger partial charge on any atom is 0.275 e. The molecule has 6 heteroatoms. The summed E-state index contributed by atoms with van der Waals surface area (Å²) in [7, 11) is 0. The Labute approximate surface area is 103 Å². The van der Waals surface area contributed by atoms with Crippen LogP contribution in [0.3, 0.4) is 0 Å². The van der Waals surface area contributed by atoms with Gasteiger partial charge >= 0.3 is 0 Å². The minimum atomic E-state index is -0.432. The fourth-order valence-electron chi connectivity index (χ4n) is 1.50. The molecule has 0 amide bonds. The van der Waals surface area contributed by atoms with E-state index in [0.717, 1.165) is 0 Å². The summed E-state index contributed by atoms with van der Waals surface area (Å²) in [4.78, 5) is 10.4. The Bertz CT molecular complexity index is 526. The van der Waals surface area contributed by atoms with Crippen molar-refractivity contribution in [3.63, 3.8) is 0 Å². The van der Waals surface area contributed by atoms with Crippen LogP contribution in [0.1, 0.15) is 5.56 Å². The smallest absolute Gasteiger partial charge is 0.275 e. The molecule has 88 valence electrons. The average molecular weight is 252 g/mol. The first kappa shape index (κ1) is 11.5. The zero-order valence-corrected chi connectivity index (χ0v) is 9.59. The zero-order valence-electron chi connectivity index (χ0n) is 8.84. The van der Waals surface area contributed by atoms with Gasteiger partial charge in [-0.2, -0.15) is 0 Å². The van der Waals surface area contributed by atoms with E-state index in [-0.39, 0.29) is 5.69 Å². The summed E-state index contributed by atoms with van der Waals surface area (Å²) in [5.74, 6) is 0. The van der Waals surface area contributed by atoms with Crippen molar-refractivity contribution in [2.75, 3.05) is 5.43 Å². The van der Waals surface area contributed by atoms with Crippen LogP contribution in [-0.4, -0.2) is 9.60 Å². The summed E-state index contributed by atoms with van der Waals surface area (Å²) in [5, 5.41) is 11.2. The Kier molecular flexibility index (Phi) is 3.30. The van der Waals surface area contributed by atoms with Crippen molar-refractivity contribution in [3.05, 3.63) is 63.4 Å². The van der Waals surface area contributed by atoms with Crippen molar-refractivity contribution in [3.8, 4) is 0 Å². The van der Waals surface area contributed by atoms with E-state index < -0.39 is 4.92 Å². The second-order valence-corrected chi connectivity index (χ2v) is 3.83. The molecule has 1 aromatic carbocycles. The molecule has 0 fully saturated rings. The van der Waals surface area contributed by atoms with Crippen molar-refractivity contribution >= 4 is 17.3 Å². The zero-order chi connectivity index (χ0) is 12.3. The third kappa shape index (κ3) is 2.57. The van der Waals surface area contributed by atoms with E-state index in [1.54, 1.807) is 16.8 Å². The van der Waals surface area contributed by atoms with Gasteiger partial charge in [-0.3, -0.25) is 14.8 Å². The topological polar surface area (TPSA) is 60.1 Å². The first-order valence-electron chi connectivity index (χ1n) is 4.97. The molecule has 17 heavy (non-hydrogen) atoms. The van der Waals surface area contributed by atoms with E-state index in [4.69, 9.17) is 11.6 Å². The van der Waals surface area contributed by atoms with Crippen LogP contribution in [0.5, 0.6) is 0 Å². The molecule has 0 spiro atoms. The number of nitro benzene ring substituents is 1. The van der Waals surface area contributed by atoms with Gasteiger partial charge in [0.2, 0.25) is 0 Å². The van der Waals surface area contributed by atoms with Crippen molar-refractivity contribution in [1.82, 2.24) is 4.68 Å². The molecular weight excluding hydrogens is 242 g/mol. The molecule has 0 aliphatic rings. The second-order valence-electron chi connectivity index (χ2n) is 3.42. The number of nitrogens with one attached hydrogen (secondary N) is 1. The summed E-state index contributed by atoms with van der Waals surface area (Å²) in [6.07, 6.45) is 3.62. The molecule has 2 rings (SSSR count). The van der Waals surface area contributed by atoms with Crippen LogP contribution in [0.15, 0.2) is 42.7 Å². The third-order valence-corrected chi connectivity index (χ3v) is 2.69. The fourth-order valence-corrected chi connectivity index (χ4v) is 1.74. The first-order valence-corrected chi connectivity index (χ1v) is 5.35. The Morgan fingerprint density at radius 3 is 2.65 bits per heavy atom. The van der Waals surface area contributed by atoms with Crippen LogP contribution in [0.25, 0.3) is 0 Å². The Morgan fingerprint density at radius 2 is 2.00 bits per heavy atom. The number of nitro groups is 1. The number of halogens is 1. The normalized spacial score (nSPS) is 10.2. The monoisotopic (exact) mass is 251 g/mol. The highest BCUT2D eigenvalue weighted by Crippen LogP contribution is 2.26. The van der Waals surface area contributed by atoms with Crippen molar-refractivity contribution in [2.45, 2.75) is 6.54 Å². The van der Waals surface area contributed by atoms with E-state index in [9.17, 15) is 10.1 Å². The Balaban J connectivity index is 2.22. The van der Waals surface area contributed by atoms with Gasteiger partial charge in [-0.15, -0.1) is 0 Å². The SMILES string of the molecule is O=[N+]([O-])c1cccc(Cl)c1CNn1cccc1. The quantitative estimate of drug-likeness (QED) is 0.671. The molecule has 1 N–H and O–H groups in total. The average Bonchev–Trinajstić information content (AvgIpc) is 2.80. The lowest BCUT2D eigenvalue weighted by Gasteiger charge is -2.09. The van der Waals surface area contributed by atoms with Crippen LogP contribution in [0, 0.1) is 10.1 Å². The molecular formula is C11H10ClN3O2. The summed E-state index contributed by atoms with van der Waals surface area (Å²) in [5.41, 5.74) is 3.51. The van der Waals surface area contributed by atoms with Gasteiger partial charge in [-0.05, 0) is 18.2 Å². The number of hydrogen-bond acceptors (Lipinski definition) is 3. The lowest BCUT2D eigenvalue weighted by Crippen LogP contribution is -2.13. The summed E-state index contributed by atoms with van der Waals surface area (Å²) in [6, 6.07) is 8.36. The fraction of sp³-hybridized carbons (Fsp3) is 0.0909. The lowest BCUT2D eigenvalue weighted by molar-refractivity contribution is -0.385. The highest BCUT2D eigenvalue weighted by Gasteiger charge is 2.15. The number of aromatic nitrogens is 1. The van der Waals surface area contributed by atoms with E-state index in [0.29, 0.717) is 17.1 Å². The molecule has 0 radical (unpaired) electrons. The lowest BCUT2D eigenvalue weighted by atomic mass is 10.2. The first-order chi connectivity index (χ1) is 8.18. The predicted octanol–water partition coefficient (Wildman–Crippen LogP) is 2.79. The molecule has 1 aromatic heterocycles. The third-order valence-electron chi connectivity index (χ3n) is 2.33. The van der Waals surface area contributed by atoms with E-state index >= 15 is 0 Å². The molecule has 2 aromatic rings. The van der Waals surface area contributed by atoms with Crippen molar-refractivity contribution < 1.29 is 4.92 Å². The highest BCUT2D eigenvalue weighted by atomic mass is 35.5. The van der Waals surface area contributed by atoms with Gasteiger partial charge in [0.15, 0.2) is 0 Å². The largest absolute Gasteiger partial charge is 0.322 e. The van der Waals surface area contributed by atoms with Crippen molar-refractivity contribution in [1.29, 1.82) is 0 Å². The molecule has 0 saturated heterocycles. The number of nitrogens with zero attached hydrogens (tertiary/aromatic N) is 2. The molecule has 0 saturated carbocycles. The van der Waals surface area contributed by atoms with Gasteiger partial charge in [0.05, 0.1) is 22.1 Å². The molecule has 0 aliphatic carbocycles. The standard InChI is InChI=1S/C11H10ClN3O2/c12-10-4-3-5-11(15(16)17)9(10)8-13-14-6-1-2-7-14/h1-7,13H,8H2. The van der Waals surface area contributed by atoms with Crippen LogP contribution in [0.2, 0.25) is 5.02 Å². The number of benzene rings is 1. The van der Waals surface area contributed by atoms with Gasteiger partial charge in [0.1, 0.15) is 0 Å². The van der Waals surface area contributed by atoms with Gasteiger partial charge < -0.3 is 5.43 Å². The number of rotatable bonds is 4. The molecule has 0 bridgehead atoms. The molecule has 1 heterocycles. The van der Waals surface area contributed by atoms with E-state index in [1.165, 1.54) is 6.07 Å². The van der Waals surface area contributed by atoms with Crippen LogP contribution in [-0.2, 0) is 6.54 Å². The minimum absolute atomic E-state index is 0.0251. The van der Waals surface area contributed by atoms with E-state index in [2.05, 4.69) is 5.43 Å². The van der Waals surface area contributed by atoms with Gasteiger partial charge in [-0.1, -0.05) is 17.7 Å². The van der Waals surface area contributed by atoms with E-state index in [1.807, 2.05) is 24.5 Å². The maximum absolute atomic E-state index is 10.8. The van der Waals surface area contributed by atoms with Crippen molar-refractivity contribution in [2.24, 2.45) is 0 Å².